The van der Waals surface area contributed by atoms with E-state index in [2.05, 4.69) is 0 Å². The van der Waals surface area contributed by atoms with Gasteiger partial charge in [-0.1, -0.05) is 38.5 Å². The predicted molar refractivity (Wildman–Crippen MR) is 69.7 cm³/mol. The van der Waals surface area contributed by atoms with E-state index in [4.69, 9.17) is 0 Å². The maximum atomic E-state index is 9.70. The molecular formula is C15H28O2. The van der Waals surface area contributed by atoms with Gasteiger partial charge in [-0.05, 0) is 43.9 Å². The van der Waals surface area contributed by atoms with E-state index in [1.807, 2.05) is 0 Å². The van der Waals surface area contributed by atoms with Crippen LogP contribution in [0.2, 0.25) is 0 Å². The molecule has 0 bridgehead atoms. The van der Waals surface area contributed by atoms with Crippen molar-refractivity contribution in [2.24, 2.45) is 17.8 Å². The van der Waals surface area contributed by atoms with Crippen molar-refractivity contribution in [3.8, 4) is 0 Å². The van der Waals surface area contributed by atoms with Crippen LogP contribution in [0.25, 0.3) is 0 Å². The van der Waals surface area contributed by atoms with Crippen LogP contribution in [0.15, 0.2) is 0 Å². The summed E-state index contributed by atoms with van der Waals surface area (Å²) in [6.07, 6.45) is 10.7. The number of fused-ring (bicyclic) bond motifs is 1. The molecule has 2 saturated carbocycles. The molecule has 0 aliphatic heterocycles. The van der Waals surface area contributed by atoms with Gasteiger partial charge in [0, 0.05) is 0 Å². The minimum atomic E-state index is -0.569. The third-order valence-corrected chi connectivity index (χ3v) is 5.11. The first-order valence-electron chi connectivity index (χ1n) is 7.54. The van der Waals surface area contributed by atoms with Gasteiger partial charge in [-0.15, -0.1) is 0 Å². The van der Waals surface area contributed by atoms with Gasteiger partial charge >= 0.3 is 0 Å². The van der Waals surface area contributed by atoms with Gasteiger partial charge in [0.1, 0.15) is 0 Å². The average molecular weight is 240 g/mol. The number of hydrogen-bond acceptors (Lipinski definition) is 2. The SMILES string of the molecule is CC(O)C(O)CCC1CCCC2CCCC[C@H]21. The fraction of sp³-hybridized carbons (Fsp3) is 1.00. The van der Waals surface area contributed by atoms with Crippen LogP contribution in [0.4, 0.5) is 0 Å². The maximum absolute atomic E-state index is 9.70. The summed E-state index contributed by atoms with van der Waals surface area (Å²) in [6, 6.07) is 0. The molecule has 100 valence electrons. The summed E-state index contributed by atoms with van der Waals surface area (Å²) >= 11 is 0. The second-order valence-electron chi connectivity index (χ2n) is 6.28. The molecule has 2 fully saturated rings. The molecule has 2 rings (SSSR count). The Morgan fingerprint density at radius 1 is 1.00 bits per heavy atom. The molecule has 0 radical (unpaired) electrons. The lowest BCUT2D eigenvalue weighted by molar-refractivity contribution is 0.0134. The van der Waals surface area contributed by atoms with Crippen LogP contribution >= 0.6 is 0 Å². The Morgan fingerprint density at radius 3 is 2.47 bits per heavy atom. The Hall–Kier alpha value is -0.0800. The molecule has 0 amide bonds. The van der Waals surface area contributed by atoms with Crippen molar-refractivity contribution in [2.45, 2.75) is 76.9 Å². The van der Waals surface area contributed by atoms with E-state index in [0.29, 0.717) is 0 Å². The fourth-order valence-electron chi connectivity index (χ4n) is 4.06. The lowest BCUT2D eigenvalue weighted by Gasteiger charge is -2.42. The zero-order valence-corrected chi connectivity index (χ0v) is 11.1. The summed E-state index contributed by atoms with van der Waals surface area (Å²) in [5.74, 6) is 2.73. The highest BCUT2D eigenvalue weighted by Gasteiger charge is 2.34. The van der Waals surface area contributed by atoms with Gasteiger partial charge in [0.25, 0.3) is 0 Å². The molecule has 4 unspecified atom stereocenters. The van der Waals surface area contributed by atoms with Gasteiger partial charge in [0.2, 0.25) is 0 Å². The van der Waals surface area contributed by atoms with Crippen molar-refractivity contribution in [1.82, 2.24) is 0 Å². The molecule has 0 heterocycles. The van der Waals surface area contributed by atoms with E-state index >= 15 is 0 Å². The van der Waals surface area contributed by atoms with Crippen molar-refractivity contribution in [2.75, 3.05) is 0 Å². The topological polar surface area (TPSA) is 40.5 Å². The Labute approximate surface area is 105 Å². The van der Waals surface area contributed by atoms with E-state index in [0.717, 1.165) is 30.6 Å². The van der Waals surface area contributed by atoms with Crippen molar-refractivity contribution in [1.29, 1.82) is 0 Å². The highest BCUT2D eigenvalue weighted by molar-refractivity contribution is 4.85. The Balaban J connectivity index is 1.82. The van der Waals surface area contributed by atoms with Crippen molar-refractivity contribution < 1.29 is 10.2 Å². The van der Waals surface area contributed by atoms with E-state index in [1.165, 1.54) is 44.9 Å². The first kappa shape index (κ1) is 13.4. The molecule has 2 aliphatic rings. The summed E-state index contributed by atoms with van der Waals surface area (Å²) in [7, 11) is 0. The zero-order valence-electron chi connectivity index (χ0n) is 11.1. The third-order valence-electron chi connectivity index (χ3n) is 5.11. The van der Waals surface area contributed by atoms with E-state index in [9.17, 15) is 10.2 Å². The quantitative estimate of drug-likeness (QED) is 0.792. The highest BCUT2D eigenvalue weighted by atomic mass is 16.3. The highest BCUT2D eigenvalue weighted by Crippen LogP contribution is 2.45. The first-order valence-corrected chi connectivity index (χ1v) is 7.54. The van der Waals surface area contributed by atoms with E-state index in [1.54, 1.807) is 6.92 Å². The standard InChI is InChI=1S/C15H28O2/c1-11(16)15(17)10-9-13-7-4-6-12-5-2-3-8-14(12)13/h11-17H,2-10H2,1H3/t11?,12?,13?,14-,15?/m1/s1. The minimum absolute atomic E-state index is 0.515. The largest absolute Gasteiger partial charge is 0.391 e. The molecule has 0 saturated heterocycles. The monoisotopic (exact) mass is 240 g/mol. The van der Waals surface area contributed by atoms with Gasteiger partial charge < -0.3 is 10.2 Å². The number of rotatable bonds is 4. The fourth-order valence-corrected chi connectivity index (χ4v) is 4.06. The van der Waals surface area contributed by atoms with Crippen molar-refractivity contribution >= 4 is 0 Å². The van der Waals surface area contributed by atoms with Gasteiger partial charge in [-0.2, -0.15) is 0 Å². The van der Waals surface area contributed by atoms with Crippen LogP contribution in [-0.2, 0) is 0 Å². The molecule has 0 aromatic heterocycles. The lowest BCUT2D eigenvalue weighted by Crippen LogP contribution is -2.32. The van der Waals surface area contributed by atoms with Crippen LogP contribution < -0.4 is 0 Å². The summed E-state index contributed by atoms with van der Waals surface area (Å²) in [5, 5.41) is 19.0. The minimum Gasteiger partial charge on any atom is -0.391 e. The van der Waals surface area contributed by atoms with Gasteiger partial charge in [-0.3, -0.25) is 0 Å². The van der Waals surface area contributed by atoms with Gasteiger partial charge in [0.15, 0.2) is 0 Å². The number of aliphatic hydroxyl groups is 2. The van der Waals surface area contributed by atoms with Gasteiger partial charge in [0.05, 0.1) is 12.2 Å². The maximum Gasteiger partial charge on any atom is 0.0796 e. The predicted octanol–water partition coefficient (Wildman–Crippen LogP) is 3.11. The Morgan fingerprint density at radius 2 is 1.71 bits per heavy atom. The average Bonchev–Trinajstić information content (AvgIpc) is 2.35. The molecule has 0 aromatic carbocycles. The molecule has 0 aromatic rings. The second-order valence-corrected chi connectivity index (χ2v) is 6.28. The summed E-state index contributed by atoms with van der Waals surface area (Å²) in [6.45, 7) is 1.69. The molecule has 5 atom stereocenters. The Bertz CT molecular complexity index is 225. The summed E-state index contributed by atoms with van der Waals surface area (Å²) in [5.41, 5.74) is 0. The lowest BCUT2D eigenvalue weighted by atomic mass is 9.64. The first-order chi connectivity index (χ1) is 8.18. The van der Waals surface area contributed by atoms with Crippen molar-refractivity contribution in [3.05, 3.63) is 0 Å². The molecule has 17 heavy (non-hydrogen) atoms. The van der Waals surface area contributed by atoms with Crippen LogP contribution in [0.1, 0.15) is 64.7 Å². The molecule has 2 aliphatic carbocycles. The van der Waals surface area contributed by atoms with E-state index < -0.39 is 12.2 Å². The Kier molecular flexibility index (Phi) is 4.87. The van der Waals surface area contributed by atoms with E-state index in [-0.39, 0.29) is 0 Å². The zero-order chi connectivity index (χ0) is 12.3. The van der Waals surface area contributed by atoms with Crippen LogP contribution in [0.5, 0.6) is 0 Å². The number of aliphatic hydroxyl groups excluding tert-OH is 2. The molecular weight excluding hydrogens is 212 g/mol. The molecule has 0 spiro atoms. The summed E-state index contributed by atoms with van der Waals surface area (Å²) in [4.78, 5) is 0. The normalized spacial score (nSPS) is 37.2. The summed E-state index contributed by atoms with van der Waals surface area (Å²) < 4.78 is 0. The van der Waals surface area contributed by atoms with Crippen molar-refractivity contribution in [3.63, 3.8) is 0 Å². The van der Waals surface area contributed by atoms with Crippen LogP contribution in [-0.4, -0.2) is 22.4 Å². The number of hydrogen-bond donors (Lipinski definition) is 2. The molecule has 2 N–H and O–H groups in total. The smallest absolute Gasteiger partial charge is 0.0796 e. The van der Waals surface area contributed by atoms with Crippen LogP contribution in [0, 0.1) is 17.8 Å². The van der Waals surface area contributed by atoms with Crippen LogP contribution in [0.3, 0.4) is 0 Å². The third kappa shape index (κ3) is 3.45. The second kappa shape index (κ2) is 6.19. The molecule has 2 nitrogen and oxygen atoms in total. The van der Waals surface area contributed by atoms with Gasteiger partial charge in [-0.25, -0.2) is 0 Å². The molecule has 2 heteroatoms.